The summed E-state index contributed by atoms with van der Waals surface area (Å²) in [6, 6.07) is 0. The van der Waals surface area contributed by atoms with Crippen molar-refractivity contribution in [2.24, 2.45) is 40.4 Å². The van der Waals surface area contributed by atoms with Crippen LogP contribution >= 0.6 is 0 Å². The maximum absolute atomic E-state index is 10.4. The molecule has 5 heteroatoms. The molecular formula is C24H38O5. The summed E-state index contributed by atoms with van der Waals surface area (Å²) in [6.07, 6.45) is 9.71. The van der Waals surface area contributed by atoms with Crippen molar-refractivity contribution in [1.82, 2.24) is 0 Å². The first-order valence-electron chi connectivity index (χ1n) is 12.2. The van der Waals surface area contributed by atoms with Gasteiger partial charge in [0, 0.05) is 18.4 Å². The van der Waals surface area contributed by atoms with E-state index in [1.54, 1.807) is 0 Å². The lowest BCUT2D eigenvalue weighted by atomic mass is 9.43. The molecule has 0 amide bonds. The third-order valence-corrected chi connectivity index (χ3v) is 10.6. The number of hydrogen-bond acceptors (Lipinski definition) is 5. The summed E-state index contributed by atoms with van der Waals surface area (Å²) in [5.41, 5.74) is 0.278. The van der Waals surface area contributed by atoms with Crippen molar-refractivity contribution in [1.29, 1.82) is 0 Å². The number of rotatable bonds is 1. The molecule has 5 nitrogen and oxygen atoms in total. The minimum absolute atomic E-state index is 0.0904. The van der Waals surface area contributed by atoms with Gasteiger partial charge in [-0.25, -0.2) is 0 Å². The molecule has 29 heavy (non-hydrogen) atoms. The Kier molecular flexibility index (Phi) is 4.31. The van der Waals surface area contributed by atoms with Crippen LogP contribution in [0.3, 0.4) is 0 Å². The quantitative estimate of drug-likeness (QED) is 0.719. The summed E-state index contributed by atoms with van der Waals surface area (Å²) in [6.45, 7) is 7.62. The Morgan fingerprint density at radius 3 is 2.28 bits per heavy atom. The van der Waals surface area contributed by atoms with Crippen LogP contribution in [-0.4, -0.2) is 49.7 Å². The predicted molar refractivity (Wildman–Crippen MR) is 107 cm³/mol. The third-order valence-electron chi connectivity index (χ3n) is 10.6. The maximum Gasteiger partial charge on any atom is 0.229 e. The lowest BCUT2D eigenvalue weighted by Gasteiger charge is -2.63. The molecular weight excluding hydrogens is 368 g/mol. The summed E-state index contributed by atoms with van der Waals surface area (Å²) < 4.78 is 25.8. The van der Waals surface area contributed by atoms with Crippen LogP contribution in [0.25, 0.3) is 0 Å². The summed E-state index contributed by atoms with van der Waals surface area (Å²) in [4.78, 5) is 0. The van der Waals surface area contributed by atoms with Crippen molar-refractivity contribution < 1.29 is 24.1 Å². The van der Waals surface area contributed by atoms with Gasteiger partial charge in [0.05, 0.1) is 26.4 Å². The van der Waals surface area contributed by atoms with Crippen LogP contribution in [0.5, 0.6) is 0 Å². The Bertz CT molecular complexity index is 654. The van der Waals surface area contributed by atoms with Gasteiger partial charge in [-0.1, -0.05) is 26.7 Å². The fourth-order valence-electron chi connectivity index (χ4n) is 9.46. The minimum atomic E-state index is -0.759. The van der Waals surface area contributed by atoms with E-state index in [-0.39, 0.29) is 5.41 Å². The largest absolute Gasteiger partial charge is 0.396 e. The van der Waals surface area contributed by atoms with E-state index in [4.69, 9.17) is 18.9 Å². The average Bonchev–Trinajstić information content (AvgIpc) is 2.99. The third kappa shape index (κ3) is 2.24. The van der Waals surface area contributed by atoms with E-state index in [9.17, 15) is 5.11 Å². The number of hydrogen-bond donors (Lipinski definition) is 1. The van der Waals surface area contributed by atoms with Gasteiger partial charge in [-0.2, -0.15) is 0 Å². The number of aliphatic hydroxyl groups is 1. The Morgan fingerprint density at radius 1 is 0.828 bits per heavy atom. The summed E-state index contributed by atoms with van der Waals surface area (Å²) >= 11 is 0. The molecule has 6 aliphatic rings. The molecule has 4 saturated carbocycles. The lowest BCUT2D eigenvalue weighted by Crippen LogP contribution is -2.70. The van der Waals surface area contributed by atoms with Gasteiger partial charge in [-0.15, -0.1) is 0 Å². The molecule has 164 valence electrons. The van der Waals surface area contributed by atoms with Crippen molar-refractivity contribution in [3.05, 3.63) is 0 Å². The van der Waals surface area contributed by atoms with Crippen LogP contribution in [0.15, 0.2) is 0 Å². The maximum atomic E-state index is 10.4. The minimum Gasteiger partial charge on any atom is -0.396 e. The van der Waals surface area contributed by atoms with Crippen molar-refractivity contribution in [2.75, 3.05) is 33.0 Å². The molecule has 2 saturated heterocycles. The molecule has 0 aromatic heterocycles. The molecule has 2 heterocycles. The van der Waals surface area contributed by atoms with Crippen LogP contribution < -0.4 is 0 Å². The van der Waals surface area contributed by atoms with Gasteiger partial charge in [0.25, 0.3) is 0 Å². The van der Waals surface area contributed by atoms with Gasteiger partial charge in [-0.3, -0.25) is 0 Å². The Hall–Kier alpha value is -0.200. The second-order valence-electron chi connectivity index (χ2n) is 11.3. The molecule has 0 aromatic rings. The summed E-state index contributed by atoms with van der Waals surface area (Å²) in [7, 11) is 0. The zero-order valence-electron chi connectivity index (χ0n) is 18.2. The van der Waals surface area contributed by atoms with Crippen LogP contribution in [0, 0.1) is 40.4 Å². The SMILES string of the molecule is C[C@]12CCCCC1[C@@H](CO)C[C@@H]1[C@@H]2CC[C@@]2(C)[C@H]1CC13OCCOC12OCCO3. The molecule has 1 unspecified atom stereocenters. The van der Waals surface area contributed by atoms with Crippen molar-refractivity contribution in [3.8, 4) is 0 Å². The number of ether oxygens (including phenoxy) is 4. The molecule has 0 bridgehead atoms. The Morgan fingerprint density at radius 2 is 1.55 bits per heavy atom. The van der Waals surface area contributed by atoms with Gasteiger partial charge < -0.3 is 24.1 Å². The standard InChI is InChI=1S/C24H38O5/c1-21-7-4-3-5-18(21)16(15-25)13-17-19(21)6-8-22(2)20(17)14-23-24(22,28-11-9-26-23)29-12-10-27-23/h16-20,25H,3-15H2,1-2H3/t16-,17-,18?,19+,20+,21+,22+,23?,24?/m1/s1. The summed E-state index contributed by atoms with van der Waals surface area (Å²) in [5.74, 6) is 1.43. The van der Waals surface area contributed by atoms with Gasteiger partial charge in [-0.05, 0) is 67.1 Å². The van der Waals surface area contributed by atoms with Crippen LogP contribution in [0.4, 0.5) is 0 Å². The number of fused-ring (bicyclic) bond motifs is 5. The fraction of sp³-hybridized carbons (Fsp3) is 1.00. The Labute approximate surface area is 174 Å². The van der Waals surface area contributed by atoms with Gasteiger partial charge in [0.15, 0.2) is 0 Å². The van der Waals surface area contributed by atoms with E-state index in [0.29, 0.717) is 62.1 Å². The molecule has 0 spiro atoms. The van der Waals surface area contributed by atoms with E-state index in [2.05, 4.69) is 13.8 Å². The smallest absolute Gasteiger partial charge is 0.229 e. The fourth-order valence-corrected chi connectivity index (χ4v) is 9.46. The average molecular weight is 407 g/mol. The van der Waals surface area contributed by atoms with Crippen molar-refractivity contribution in [2.45, 2.75) is 76.8 Å². The highest BCUT2D eigenvalue weighted by molar-refractivity contribution is 5.19. The van der Waals surface area contributed by atoms with Gasteiger partial charge in [0.1, 0.15) is 0 Å². The molecule has 2 aliphatic heterocycles. The zero-order chi connectivity index (χ0) is 19.9. The van der Waals surface area contributed by atoms with E-state index in [0.717, 1.165) is 25.2 Å². The second kappa shape index (κ2) is 6.41. The molecule has 1 N–H and O–H groups in total. The summed E-state index contributed by atoms with van der Waals surface area (Å²) in [5, 5.41) is 10.4. The molecule has 0 radical (unpaired) electrons. The van der Waals surface area contributed by atoms with E-state index < -0.39 is 11.6 Å². The molecule has 6 rings (SSSR count). The van der Waals surface area contributed by atoms with Crippen molar-refractivity contribution in [3.63, 3.8) is 0 Å². The van der Waals surface area contributed by atoms with E-state index in [1.165, 1.54) is 32.1 Å². The first-order chi connectivity index (χ1) is 14.0. The predicted octanol–water partition coefficient (Wildman–Crippen LogP) is 3.73. The first kappa shape index (κ1) is 19.5. The van der Waals surface area contributed by atoms with Gasteiger partial charge >= 0.3 is 0 Å². The van der Waals surface area contributed by atoms with Crippen LogP contribution in [0.1, 0.15) is 65.2 Å². The highest BCUT2D eigenvalue weighted by atomic mass is 16.8. The van der Waals surface area contributed by atoms with Crippen LogP contribution in [0.2, 0.25) is 0 Å². The number of aliphatic hydroxyl groups excluding tert-OH is 1. The molecule has 6 fully saturated rings. The lowest BCUT2D eigenvalue weighted by molar-refractivity contribution is -0.474. The molecule has 4 aliphatic carbocycles. The normalized spacial score (nSPS) is 59.1. The van der Waals surface area contributed by atoms with Gasteiger partial charge in [0.2, 0.25) is 11.6 Å². The Balaban J connectivity index is 1.42. The second-order valence-corrected chi connectivity index (χ2v) is 11.3. The highest BCUT2D eigenvalue weighted by Gasteiger charge is 2.79. The van der Waals surface area contributed by atoms with E-state index in [1.807, 2.05) is 0 Å². The molecule has 7 atom stereocenters. The highest BCUT2D eigenvalue weighted by Crippen LogP contribution is 2.73. The van der Waals surface area contributed by atoms with E-state index >= 15 is 0 Å². The van der Waals surface area contributed by atoms with Crippen molar-refractivity contribution >= 4 is 0 Å². The topological polar surface area (TPSA) is 57.2 Å². The first-order valence-corrected chi connectivity index (χ1v) is 12.2. The zero-order valence-corrected chi connectivity index (χ0v) is 18.2. The molecule has 0 aromatic carbocycles. The van der Waals surface area contributed by atoms with Crippen LogP contribution in [-0.2, 0) is 18.9 Å². The monoisotopic (exact) mass is 406 g/mol.